The molecular weight excluding hydrogens is 268 g/mol. The second-order valence-electron chi connectivity index (χ2n) is 1.76. The van der Waals surface area contributed by atoms with E-state index in [0.29, 0.717) is 0 Å². The summed E-state index contributed by atoms with van der Waals surface area (Å²) in [4.78, 5) is 0. The van der Waals surface area contributed by atoms with Crippen molar-refractivity contribution in [3.8, 4) is 0 Å². The standard InChI is InChI=1S/2C4H9.2ClH.Ru/c2*1-3-4-2;;;/h2*1,3-4H2,2H3;2*1H;/q2*-1;;;+4/p-2. The van der Waals surface area contributed by atoms with E-state index < -0.39 is 0 Å². The van der Waals surface area contributed by atoms with E-state index in [1.54, 1.807) is 0 Å². The molecule has 0 aliphatic rings. The molecule has 0 saturated carbocycles. The molecule has 0 aromatic rings. The Kier molecular flexibility index (Phi) is 49.8. The van der Waals surface area contributed by atoms with E-state index in [1.165, 1.54) is 12.8 Å². The Hall–Kier alpha value is 1.20. The normalized spacial score (nSPS) is 7.09. The van der Waals surface area contributed by atoms with Gasteiger partial charge in [-0.2, -0.15) is 12.8 Å². The zero-order valence-electron chi connectivity index (χ0n) is 7.35. The molecule has 0 aliphatic carbocycles. The zero-order valence-corrected chi connectivity index (χ0v) is 10.6. The van der Waals surface area contributed by atoms with E-state index in [4.69, 9.17) is 19.4 Å². The molecule has 0 heterocycles. The van der Waals surface area contributed by atoms with Gasteiger partial charge in [0.15, 0.2) is 0 Å². The van der Waals surface area contributed by atoms with Gasteiger partial charge in [-0.15, -0.1) is 0 Å². The molecule has 0 bridgehead atoms. The van der Waals surface area contributed by atoms with Crippen molar-refractivity contribution in [2.45, 2.75) is 39.5 Å². The Balaban J connectivity index is -0.0000000886. The molecule has 0 rings (SSSR count). The monoisotopic (exact) mass is 286 g/mol. The van der Waals surface area contributed by atoms with Gasteiger partial charge in [0, 0.05) is 0 Å². The summed E-state index contributed by atoms with van der Waals surface area (Å²) in [5, 5.41) is 0. The first-order valence-electron chi connectivity index (χ1n) is 3.68. The Labute approximate surface area is 87.7 Å². The van der Waals surface area contributed by atoms with Crippen molar-refractivity contribution in [3.63, 3.8) is 0 Å². The predicted molar refractivity (Wildman–Crippen MR) is 52.2 cm³/mol. The van der Waals surface area contributed by atoms with E-state index in [2.05, 4.69) is 27.7 Å². The van der Waals surface area contributed by atoms with Crippen LogP contribution in [0.3, 0.4) is 0 Å². The second-order valence-corrected chi connectivity index (χ2v) is 4.40. The first kappa shape index (κ1) is 18.1. The molecule has 0 spiro atoms. The van der Waals surface area contributed by atoms with Crippen molar-refractivity contribution >= 4 is 19.4 Å². The molecule has 0 radical (unpaired) electrons. The molecule has 0 N–H and O–H groups in total. The Morgan fingerprint density at radius 1 is 1.00 bits per heavy atom. The van der Waals surface area contributed by atoms with Gasteiger partial charge >= 0.3 is 34.5 Å². The van der Waals surface area contributed by atoms with Crippen molar-refractivity contribution in [3.05, 3.63) is 13.8 Å². The maximum atomic E-state index is 4.85. The van der Waals surface area contributed by atoms with Crippen LogP contribution in [0.2, 0.25) is 0 Å². The molecule has 0 atom stereocenters. The van der Waals surface area contributed by atoms with Gasteiger partial charge in [-0.3, -0.25) is 0 Å². The second kappa shape index (κ2) is 30.3. The molecule has 0 saturated heterocycles. The summed E-state index contributed by atoms with van der Waals surface area (Å²) in [5.41, 5.74) is 0. The molecule has 0 nitrogen and oxygen atoms in total. The van der Waals surface area contributed by atoms with Gasteiger partial charge in [0.25, 0.3) is 0 Å². The number of halogens is 2. The summed E-state index contributed by atoms with van der Waals surface area (Å²) in [6.07, 6.45) is 4.56. The van der Waals surface area contributed by atoms with E-state index >= 15 is 0 Å². The third-order valence-electron chi connectivity index (χ3n) is 0.707. The first-order chi connectivity index (χ1) is 5.24. The van der Waals surface area contributed by atoms with Crippen LogP contribution in [0.5, 0.6) is 0 Å². The fourth-order valence-electron chi connectivity index (χ4n) is 0. The van der Waals surface area contributed by atoms with Crippen molar-refractivity contribution in [1.29, 1.82) is 0 Å². The molecule has 0 unspecified atom stereocenters. The van der Waals surface area contributed by atoms with E-state index in [0.717, 1.165) is 12.8 Å². The van der Waals surface area contributed by atoms with Crippen molar-refractivity contribution in [2.75, 3.05) is 0 Å². The van der Waals surface area contributed by atoms with Crippen LogP contribution in [0, 0.1) is 13.8 Å². The molecule has 0 aliphatic heterocycles. The van der Waals surface area contributed by atoms with Crippen molar-refractivity contribution in [2.24, 2.45) is 0 Å². The molecule has 11 heavy (non-hydrogen) atoms. The molecule has 0 aromatic heterocycles. The average molecular weight is 286 g/mol. The summed E-state index contributed by atoms with van der Waals surface area (Å²) in [6, 6.07) is 0. The summed E-state index contributed by atoms with van der Waals surface area (Å²) in [6.45, 7) is 11.4. The zero-order chi connectivity index (χ0) is 9.54. The van der Waals surface area contributed by atoms with E-state index in [9.17, 15) is 0 Å². The van der Waals surface area contributed by atoms with Gasteiger partial charge in [-0.05, 0) is 0 Å². The Morgan fingerprint density at radius 3 is 1.09 bits per heavy atom. The summed E-state index contributed by atoms with van der Waals surface area (Å²) < 4.78 is 0. The fraction of sp³-hybridized carbons (Fsp3) is 0.750. The number of unbranched alkanes of at least 4 members (excludes halogenated alkanes) is 2. The average Bonchev–Trinajstić information content (AvgIpc) is 2.06. The van der Waals surface area contributed by atoms with Gasteiger partial charge in [0.1, 0.15) is 0 Å². The minimum absolute atomic E-state index is 0.346. The van der Waals surface area contributed by atoms with Crippen LogP contribution in [-0.2, 0) is 15.1 Å². The van der Waals surface area contributed by atoms with E-state index in [1.807, 2.05) is 0 Å². The van der Waals surface area contributed by atoms with Crippen molar-refractivity contribution < 1.29 is 15.1 Å². The quantitative estimate of drug-likeness (QED) is 0.513. The summed E-state index contributed by atoms with van der Waals surface area (Å²) >= 11 is -0.346. The number of hydrogen-bond acceptors (Lipinski definition) is 0. The van der Waals surface area contributed by atoms with Crippen LogP contribution in [0.25, 0.3) is 0 Å². The van der Waals surface area contributed by atoms with Crippen LogP contribution in [-0.4, -0.2) is 0 Å². The van der Waals surface area contributed by atoms with Crippen LogP contribution < -0.4 is 0 Å². The molecule has 0 fully saturated rings. The third kappa shape index (κ3) is 92.5. The molecular formula is C8H18Cl2Ru. The third-order valence-corrected chi connectivity index (χ3v) is 0.707. The topological polar surface area (TPSA) is 0 Å². The maximum absolute atomic E-state index is 4.85. The molecule has 3 heteroatoms. The van der Waals surface area contributed by atoms with Crippen LogP contribution in [0.4, 0.5) is 0 Å². The Bertz CT molecular complexity index is 27.3. The van der Waals surface area contributed by atoms with Crippen molar-refractivity contribution in [1.82, 2.24) is 0 Å². The van der Waals surface area contributed by atoms with E-state index in [-0.39, 0.29) is 15.1 Å². The van der Waals surface area contributed by atoms with Gasteiger partial charge in [0.2, 0.25) is 0 Å². The minimum atomic E-state index is -0.346. The fourth-order valence-corrected chi connectivity index (χ4v) is 0. The van der Waals surface area contributed by atoms with Crippen LogP contribution in [0.1, 0.15) is 39.5 Å². The number of rotatable bonds is 2. The molecule has 72 valence electrons. The Morgan fingerprint density at radius 2 is 1.09 bits per heavy atom. The molecule has 0 aromatic carbocycles. The first-order valence-corrected chi connectivity index (χ1v) is 8.16. The van der Waals surface area contributed by atoms with Crippen LogP contribution >= 0.6 is 19.4 Å². The van der Waals surface area contributed by atoms with Gasteiger partial charge in [-0.1, -0.05) is 26.7 Å². The SMILES string of the molecule is [CH2-]CCC.[CH2-]CCC.[Cl][Ru+2][Cl]. The van der Waals surface area contributed by atoms with Gasteiger partial charge < -0.3 is 13.8 Å². The summed E-state index contributed by atoms with van der Waals surface area (Å²) in [5.74, 6) is 0. The summed E-state index contributed by atoms with van der Waals surface area (Å²) in [7, 11) is 9.71. The van der Waals surface area contributed by atoms with Gasteiger partial charge in [0.05, 0.1) is 0 Å². The molecule has 0 amide bonds. The number of hydrogen-bond donors (Lipinski definition) is 0. The predicted octanol–water partition coefficient (Wildman–Crippen LogP) is 4.62. The van der Waals surface area contributed by atoms with Gasteiger partial charge in [-0.25, -0.2) is 0 Å². The van der Waals surface area contributed by atoms with Crippen LogP contribution in [0.15, 0.2) is 0 Å².